The van der Waals surface area contributed by atoms with Crippen LogP contribution in [-0.4, -0.2) is 30.8 Å². The number of thioether (sulfide) groups is 1. The molecule has 5 nitrogen and oxygen atoms in total. The summed E-state index contributed by atoms with van der Waals surface area (Å²) < 4.78 is 10.1. The van der Waals surface area contributed by atoms with Crippen LogP contribution in [-0.2, 0) is 9.53 Å². The SMILES string of the molecule is CCOC(=O)c1ccc(C)c(NC(=O)C(C)Sc2ccc(OC)cc2)c1. The summed E-state index contributed by atoms with van der Waals surface area (Å²) in [5.74, 6) is 0.247. The highest BCUT2D eigenvalue weighted by Crippen LogP contribution is 2.27. The summed E-state index contributed by atoms with van der Waals surface area (Å²) in [6.07, 6.45) is 0. The van der Waals surface area contributed by atoms with Gasteiger partial charge in [0.05, 0.1) is 24.5 Å². The van der Waals surface area contributed by atoms with Crippen molar-refractivity contribution in [2.24, 2.45) is 0 Å². The molecule has 0 fully saturated rings. The zero-order valence-electron chi connectivity index (χ0n) is 15.4. The van der Waals surface area contributed by atoms with Gasteiger partial charge in [-0.1, -0.05) is 6.07 Å². The summed E-state index contributed by atoms with van der Waals surface area (Å²) in [6, 6.07) is 12.7. The van der Waals surface area contributed by atoms with Crippen molar-refractivity contribution >= 4 is 29.3 Å². The lowest BCUT2D eigenvalue weighted by molar-refractivity contribution is -0.115. The number of benzene rings is 2. The second-order valence-corrected chi connectivity index (χ2v) is 7.09. The number of amides is 1. The first-order valence-corrected chi connectivity index (χ1v) is 9.22. The van der Waals surface area contributed by atoms with Crippen molar-refractivity contribution in [3.05, 3.63) is 53.6 Å². The number of carbonyl (C=O) groups excluding carboxylic acids is 2. The highest BCUT2D eigenvalue weighted by atomic mass is 32.2. The maximum atomic E-state index is 12.5. The Labute approximate surface area is 158 Å². The standard InChI is InChI=1S/C20H23NO4S/c1-5-25-20(23)15-7-6-13(2)18(12-15)21-19(22)14(3)26-17-10-8-16(24-4)9-11-17/h6-12,14H,5H2,1-4H3,(H,21,22). The van der Waals surface area contributed by atoms with Crippen molar-refractivity contribution in [3.63, 3.8) is 0 Å². The van der Waals surface area contributed by atoms with Crippen LogP contribution >= 0.6 is 11.8 Å². The number of methoxy groups -OCH3 is 1. The molecule has 0 aliphatic heterocycles. The Kier molecular flexibility index (Phi) is 7.09. The molecule has 0 aliphatic carbocycles. The van der Waals surface area contributed by atoms with Crippen LogP contribution < -0.4 is 10.1 Å². The van der Waals surface area contributed by atoms with E-state index in [1.54, 1.807) is 32.2 Å². The lowest BCUT2D eigenvalue weighted by atomic mass is 10.1. The van der Waals surface area contributed by atoms with Gasteiger partial charge in [-0.25, -0.2) is 4.79 Å². The van der Waals surface area contributed by atoms with Gasteiger partial charge in [-0.15, -0.1) is 11.8 Å². The average molecular weight is 373 g/mol. The maximum absolute atomic E-state index is 12.5. The summed E-state index contributed by atoms with van der Waals surface area (Å²) >= 11 is 1.46. The Morgan fingerprint density at radius 1 is 1.15 bits per heavy atom. The van der Waals surface area contributed by atoms with E-state index >= 15 is 0 Å². The number of hydrogen-bond donors (Lipinski definition) is 1. The van der Waals surface area contributed by atoms with Gasteiger partial charge in [0, 0.05) is 10.6 Å². The number of hydrogen-bond acceptors (Lipinski definition) is 5. The second kappa shape index (κ2) is 9.29. The summed E-state index contributed by atoms with van der Waals surface area (Å²) in [6.45, 7) is 5.79. The quantitative estimate of drug-likeness (QED) is 0.579. The molecule has 1 N–H and O–H groups in total. The van der Waals surface area contributed by atoms with Gasteiger partial charge < -0.3 is 14.8 Å². The highest BCUT2D eigenvalue weighted by Gasteiger charge is 2.17. The molecule has 6 heteroatoms. The van der Waals surface area contributed by atoms with Gasteiger partial charge >= 0.3 is 5.97 Å². The topological polar surface area (TPSA) is 64.6 Å². The summed E-state index contributed by atoms with van der Waals surface area (Å²) in [4.78, 5) is 25.4. The first kappa shape index (κ1) is 19.8. The molecule has 1 atom stereocenters. The third kappa shape index (κ3) is 5.26. The zero-order chi connectivity index (χ0) is 19.1. The van der Waals surface area contributed by atoms with Gasteiger partial charge in [0.15, 0.2) is 0 Å². The molecule has 1 amide bonds. The minimum absolute atomic E-state index is 0.130. The normalized spacial score (nSPS) is 11.5. The summed E-state index contributed by atoms with van der Waals surface area (Å²) in [5.41, 5.74) is 1.92. The van der Waals surface area contributed by atoms with E-state index in [9.17, 15) is 9.59 Å². The number of carbonyl (C=O) groups is 2. The fraction of sp³-hybridized carbons (Fsp3) is 0.300. The third-order valence-electron chi connectivity index (χ3n) is 3.75. The van der Waals surface area contributed by atoms with E-state index in [1.165, 1.54) is 11.8 Å². The molecule has 26 heavy (non-hydrogen) atoms. The molecular weight excluding hydrogens is 350 g/mol. The van der Waals surface area contributed by atoms with Crippen LogP contribution in [0.2, 0.25) is 0 Å². The first-order chi connectivity index (χ1) is 12.4. The number of anilines is 1. The number of nitrogens with one attached hydrogen (secondary N) is 1. The molecule has 0 radical (unpaired) electrons. The van der Waals surface area contributed by atoms with Crippen molar-refractivity contribution in [1.82, 2.24) is 0 Å². The molecule has 0 aliphatic rings. The van der Waals surface area contributed by atoms with Crippen LogP contribution in [0.25, 0.3) is 0 Å². The Morgan fingerprint density at radius 3 is 2.46 bits per heavy atom. The van der Waals surface area contributed by atoms with Crippen LogP contribution in [0.1, 0.15) is 29.8 Å². The lowest BCUT2D eigenvalue weighted by Crippen LogP contribution is -2.23. The van der Waals surface area contributed by atoms with Crippen LogP contribution in [0.15, 0.2) is 47.4 Å². The fourth-order valence-corrected chi connectivity index (χ4v) is 3.11. The van der Waals surface area contributed by atoms with Crippen molar-refractivity contribution < 1.29 is 19.1 Å². The number of ether oxygens (including phenoxy) is 2. The van der Waals surface area contributed by atoms with Gasteiger partial charge in [-0.05, 0) is 62.7 Å². The lowest BCUT2D eigenvalue weighted by Gasteiger charge is -2.14. The molecule has 138 valence electrons. The molecule has 0 aromatic heterocycles. The van der Waals surface area contributed by atoms with Crippen LogP contribution in [0.4, 0.5) is 5.69 Å². The van der Waals surface area contributed by atoms with Crippen molar-refractivity contribution in [2.45, 2.75) is 30.9 Å². The van der Waals surface area contributed by atoms with E-state index in [-0.39, 0.29) is 11.2 Å². The Bertz CT molecular complexity index is 774. The Hall–Kier alpha value is -2.47. The number of aryl methyl sites for hydroxylation is 1. The molecule has 0 bridgehead atoms. The number of esters is 1. The highest BCUT2D eigenvalue weighted by molar-refractivity contribution is 8.00. The van der Waals surface area contributed by atoms with Crippen molar-refractivity contribution in [2.75, 3.05) is 19.0 Å². The van der Waals surface area contributed by atoms with Gasteiger partial charge in [-0.2, -0.15) is 0 Å². The molecule has 1 unspecified atom stereocenters. The molecule has 2 aromatic carbocycles. The van der Waals surface area contributed by atoms with E-state index in [2.05, 4.69) is 5.32 Å². The van der Waals surface area contributed by atoms with E-state index in [0.717, 1.165) is 16.2 Å². The summed E-state index contributed by atoms with van der Waals surface area (Å²) in [7, 11) is 1.62. The van der Waals surface area contributed by atoms with E-state index in [4.69, 9.17) is 9.47 Å². The molecule has 0 saturated heterocycles. The molecule has 2 aromatic rings. The molecule has 2 rings (SSSR count). The molecule has 0 spiro atoms. The van der Waals surface area contributed by atoms with E-state index < -0.39 is 5.97 Å². The Morgan fingerprint density at radius 2 is 1.85 bits per heavy atom. The van der Waals surface area contributed by atoms with Gasteiger partial charge in [0.2, 0.25) is 5.91 Å². The Balaban J connectivity index is 2.05. The minimum Gasteiger partial charge on any atom is -0.497 e. The number of rotatable bonds is 7. The largest absolute Gasteiger partial charge is 0.497 e. The second-order valence-electron chi connectivity index (χ2n) is 5.68. The summed E-state index contributed by atoms with van der Waals surface area (Å²) in [5, 5.41) is 2.60. The molecule has 0 heterocycles. The third-order valence-corrected chi connectivity index (χ3v) is 4.86. The average Bonchev–Trinajstić information content (AvgIpc) is 2.64. The monoisotopic (exact) mass is 373 g/mol. The van der Waals surface area contributed by atoms with Gasteiger partial charge in [-0.3, -0.25) is 4.79 Å². The predicted molar refractivity (Wildman–Crippen MR) is 104 cm³/mol. The van der Waals surface area contributed by atoms with E-state index in [1.807, 2.05) is 38.1 Å². The first-order valence-electron chi connectivity index (χ1n) is 8.34. The van der Waals surface area contributed by atoms with Crippen LogP contribution in [0.5, 0.6) is 5.75 Å². The van der Waals surface area contributed by atoms with Gasteiger partial charge in [0.1, 0.15) is 5.75 Å². The van der Waals surface area contributed by atoms with Gasteiger partial charge in [0.25, 0.3) is 0 Å². The maximum Gasteiger partial charge on any atom is 0.338 e. The predicted octanol–water partition coefficient (Wildman–Crippen LogP) is 4.30. The van der Waals surface area contributed by atoms with Crippen LogP contribution in [0.3, 0.4) is 0 Å². The fourth-order valence-electron chi connectivity index (χ4n) is 2.24. The van der Waals surface area contributed by atoms with E-state index in [0.29, 0.717) is 17.9 Å². The minimum atomic E-state index is -0.399. The zero-order valence-corrected chi connectivity index (χ0v) is 16.2. The van der Waals surface area contributed by atoms with Crippen molar-refractivity contribution in [3.8, 4) is 5.75 Å². The smallest absolute Gasteiger partial charge is 0.338 e. The van der Waals surface area contributed by atoms with Crippen molar-refractivity contribution in [1.29, 1.82) is 0 Å². The van der Waals surface area contributed by atoms with Crippen LogP contribution in [0, 0.1) is 6.92 Å². The molecule has 0 saturated carbocycles. The molecular formula is C20H23NO4S.